The molecule has 2 aliphatic rings. The van der Waals surface area contributed by atoms with Gasteiger partial charge in [-0.3, -0.25) is 0 Å². The van der Waals surface area contributed by atoms with Crippen molar-refractivity contribution in [1.29, 1.82) is 0 Å². The normalized spacial score (nSPS) is 14.4. The minimum absolute atomic E-state index is 0.00672. The van der Waals surface area contributed by atoms with Gasteiger partial charge in [-0.1, -0.05) is 304 Å². The topological polar surface area (TPSA) is 29.5 Å². The molecule has 3 aromatic heterocycles. The predicted octanol–water partition coefficient (Wildman–Crippen LogP) is 27.0. The van der Waals surface area contributed by atoms with Crippen LogP contribution in [0.5, 0.6) is 0 Å². The Morgan fingerprint density at radius 2 is 0.736 bits per heavy atom. The van der Waals surface area contributed by atoms with E-state index in [2.05, 4.69) is 343 Å². The fraction of sp³-hybridized carbons (Fsp3) is 0.192. The van der Waals surface area contributed by atoms with Crippen LogP contribution in [0, 0.1) is 0 Å². The van der Waals surface area contributed by atoms with Gasteiger partial charge < -0.3 is 23.4 Å². The Morgan fingerprint density at radius 3 is 1.29 bits per heavy atom. The number of aromatic nitrogens is 2. The van der Waals surface area contributed by atoms with Gasteiger partial charge in [0.25, 0.3) is 6.71 Å². The van der Waals surface area contributed by atoms with Crippen LogP contribution in [0.1, 0.15) is 143 Å². The lowest BCUT2D eigenvalue weighted by Gasteiger charge is -2.45. The lowest BCUT2D eigenvalue weighted by molar-refractivity contribution is 0.569. The lowest BCUT2D eigenvalue weighted by atomic mass is 9.33. The first-order valence-corrected chi connectivity index (χ1v) is 38.7. The molecule has 0 spiro atoms. The van der Waals surface area contributed by atoms with Gasteiger partial charge in [-0.25, -0.2) is 0 Å². The first-order valence-electron chi connectivity index (χ1n) is 42.7. The van der Waals surface area contributed by atoms with Gasteiger partial charge in [0.1, 0.15) is 5.58 Å². The van der Waals surface area contributed by atoms with E-state index in [0.29, 0.717) is 5.69 Å². The first kappa shape index (κ1) is 60.1. The van der Waals surface area contributed by atoms with E-state index in [1.165, 1.54) is 38.6 Å². The van der Waals surface area contributed by atoms with Crippen molar-refractivity contribution in [3.8, 4) is 55.9 Å². The highest BCUT2D eigenvalue weighted by atomic mass is 16.3. The van der Waals surface area contributed by atoms with Crippen LogP contribution >= 0.6 is 0 Å². The smallest absolute Gasteiger partial charge is 0.252 e. The number of anilines is 6. The highest BCUT2D eigenvalue weighted by Gasteiger charge is 2.46. The number of para-hydroxylation sites is 4. The largest absolute Gasteiger partial charge is 0.453 e. The zero-order chi connectivity index (χ0) is 82.8. The van der Waals surface area contributed by atoms with Crippen LogP contribution in [-0.4, -0.2) is 15.8 Å². The third-order valence-electron chi connectivity index (χ3n) is 23.3. The molecule has 0 fully saturated rings. The van der Waals surface area contributed by atoms with Crippen LogP contribution < -0.4 is 26.2 Å². The molecule has 19 rings (SSSR count). The summed E-state index contributed by atoms with van der Waals surface area (Å²) in [7, 11) is 0. The molecule has 0 N–H and O–H groups in total. The minimum Gasteiger partial charge on any atom is -0.453 e. The Morgan fingerprint density at radius 1 is 0.273 bits per heavy atom. The number of hydrogen-bond donors (Lipinski definition) is 0. The average Bonchev–Trinajstić information content (AvgIpc) is 1.59. The molecular formula is C104H93BN4O. The molecule has 2 aliphatic heterocycles. The van der Waals surface area contributed by atoms with Gasteiger partial charge in [0.05, 0.1) is 44.4 Å². The second kappa shape index (κ2) is 24.8. The van der Waals surface area contributed by atoms with Gasteiger partial charge in [0.15, 0.2) is 5.58 Å². The Bertz CT molecular complexity index is 6960. The van der Waals surface area contributed by atoms with Crippen molar-refractivity contribution in [3.05, 3.63) is 319 Å². The van der Waals surface area contributed by atoms with Crippen molar-refractivity contribution in [2.75, 3.05) is 9.80 Å². The molecule has 0 aliphatic carbocycles. The maximum atomic E-state index is 9.88. The lowest BCUT2D eigenvalue weighted by Crippen LogP contribution is -2.61. The van der Waals surface area contributed by atoms with Crippen LogP contribution in [0.4, 0.5) is 34.1 Å². The molecule has 0 bridgehead atoms. The van der Waals surface area contributed by atoms with Crippen LogP contribution in [-0.2, 0) is 27.1 Å². The number of rotatable bonds is 8. The van der Waals surface area contributed by atoms with Crippen molar-refractivity contribution >= 4 is 123 Å². The Kier molecular flexibility index (Phi) is 13.6. The molecule has 0 atom stereocenters. The average molecular weight is 1430 g/mol. The molecule has 17 aromatic rings. The Labute approximate surface area is 659 Å². The van der Waals surface area contributed by atoms with E-state index < -0.39 is 43.0 Å². The zero-order valence-corrected chi connectivity index (χ0v) is 65.4. The molecule has 0 radical (unpaired) electrons. The summed E-state index contributed by atoms with van der Waals surface area (Å²) in [4.78, 5) is 4.90. The van der Waals surface area contributed by atoms with Crippen molar-refractivity contribution in [2.45, 2.75) is 131 Å². The second-order valence-corrected chi connectivity index (χ2v) is 35.6. The number of nitrogens with zero attached hydrogens (tertiary/aromatic N) is 4. The maximum Gasteiger partial charge on any atom is 0.252 e. The summed E-state index contributed by atoms with van der Waals surface area (Å²) >= 11 is 0. The van der Waals surface area contributed by atoms with E-state index in [9.17, 15) is 8.22 Å². The summed E-state index contributed by atoms with van der Waals surface area (Å²) in [5.74, 6) is 0. The standard InChI is InChI=1S/C104H93BN4O/c1-100(2,3)70-34-26-33-67(53-70)77-37-27-38-80-81-39-28-42-92(99(81)110-98(77)80)109-94-63-76(107-90-51-44-71(101(4,5)6)60-83(90)84-61-72(102(7,8)9)45-52-91(84)107)47-49-86(94)105-85-48-46-75(106-87-40-24-22-35-78(87)79-36-23-25-41-88(79)106)62-93(85)108(89-50-43-66(64-29-18-16-19-30-64)56-82(89)65-31-20-17-21-32-65)95-57-69(58-96(109)97(95)105)68-54-73(103(10,11)12)59-74(55-68)104(13,14)15/h16-63H,1-15H3/i22D,23D,24D,25D,35D,36D,40D,41D. The molecular weight excluding hydrogens is 1330 g/mol. The first-order chi connectivity index (χ1) is 56.0. The molecule has 14 aromatic carbocycles. The van der Waals surface area contributed by atoms with E-state index in [1.54, 1.807) is 4.57 Å². The summed E-state index contributed by atoms with van der Waals surface area (Å²) in [5.41, 5.74) is 26.4. The molecule has 0 saturated carbocycles. The van der Waals surface area contributed by atoms with Gasteiger partial charge in [0.2, 0.25) is 0 Å². The van der Waals surface area contributed by atoms with Gasteiger partial charge in [-0.2, -0.15) is 0 Å². The highest BCUT2D eigenvalue weighted by Crippen LogP contribution is 2.53. The molecule has 5 heterocycles. The third-order valence-corrected chi connectivity index (χ3v) is 23.3. The van der Waals surface area contributed by atoms with Crippen LogP contribution in [0.3, 0.4) is 0 Å². The molecule has 0 amide bonds. The van der Waals surface area contributed by atoms with E-state index >= 15 is 0 Å². The van der Waals surface area contributed by atoms with Crippen molar-refractivity contribution in [2.24, 2.45) is 0 Å². The van der Waals surface area contributed by atoms with Gasteiger partial charge in [-0.05, 0) is 196 Å². The molecule has 0 saturated heterocycles. The van der Waals surface area contributed by atoms with E-state index in [0.717, 1.165) is 134 Å². The summed E-state index contributed by atoms with van der Waals surface area (Å²) < 4.78 is 87.7. The van der Waals surface area contributed by atoms with E-state index in [4.69, 9.17) is 7.16 Å². The summed E-state index contributed by atoms with van der Waals surface area (Å²) in [6.45, 7) is 33.7. The van der Waals surface area contributed by atoms with Crippen LogP contribution in [0.15, 0.2) is 295 Å². The van der Waals surface area contributed by atoms with Crippen molar-refractivity contribution in [3.63, 3.8) is 0 Å². The summed E-state index contributed by atoms with van der Waals surface area (Å²) in [5, 5.41) is 4.32. The van der Waals surface area contributed by atoms with Gasteiger partial charge in [0, 0.05) is 77.6 Å². The quantitative estimate of drug-likeness (QED) is 0.142. The Hall–Kier alpha value is -11.9. The second-order valence-electron chi connectivity index (χ2n) is 35.6. The SMILES string of the molecule is [2H]c1c([2H])c([2H])c2c(c1[2H])c1c([2H])c([2H])c([2H])c([2H])c1n2-c1ccc2c(c1)N(c1ccc(-c3ccccc3)cc1-c1ccccc1)c1cc(-c3cc(C(C)(C)C)cc(C(C)(C)C)c3)cc3c1B2c1ccc(-n2c4ccc(C(C)(C)C)cc4c4cc(C(C)(C)C)ccc42)cc1N3c1cccc2c1oc1c(-c3cccc(C(C)(C)C)c3)cccc12. The predicted molar refractivity (Wildman–Crippen MR) is 472 cm³/mol. The number of hydrogen-bond acceptors (Lipinski definition) is 3. The fourth-order valence-electron chi connectivity index (χ4n) is 17.3. The van der Waals surface area contributed by atoms with Gasteiger partial charge >= 0.3 is 0 Å². The molecule has 110 heavy (non-hydrogen) atoms. The van der Waals surface area contributed by atoms with Crippen molar-refractivity contribution in [1.82, 2.24) is 9.13 Å². The fourth-order valence-corrected chi connectivity index (χ4v) is 17.3. The number of furan rings is 1. The Balaban J connectivity index is 0.993. The summed E-state index contributed by atoms with van der Waals surface area (Å²) in [6.07, 6.45) is 0. The van der Waals surface area contributed by atoms with Gasteiger partial charge in [-0.15, -0.1) is 0 Å². The monoisotopic (exact) mass is 1430 g/mol. The molecule has 0 unspecified atom stereocenters. The molecule has 6 heteroatoms. The third kappa shape index (κ3) is 11.2. The minimum atomic E-state index is -0.527. The van der Waals surface area contributed by atoms with Crippen LogP contribution in [0.2, 0.25) is 0 Å². The number of benzene rings is 14. The van der Waals surface area contributed by atoms with Crippen molar-refractivity contribution < 1.29 is 15.4 Å². The highest BCUT2D eigenvalue weighted by molar-refractivity contribution is 7.00. The summed E-state index contributed by atoms with van der Waals surface area (Å²) in [6, 6.07) is 85.4. The zero-order valence-electron chi connectivity index (χ0n) is 73.4. The number of fused-ring (bicyclic) bond motifs is 13. The van der Waals surface area contributed by atoms with E-state index in [-0.39, 0.29) is 61.0 Å². The molecule has 538 valence electrons. The van der Waals surface area contributed by atoms with E-state index in [1.807, 2.05) is 18.2 Å². The maximum absolute atomic E-state index is 9.88. The molecule has 5 nitrogen and oxygen atoms in total. The van der Waals surface area contributed by atoms with Crippen LogP contribution in [0.25, 0.3) is 121 Å².